The normalized spacial score (nSPS) is 10.1. The summed E-state index contributed by atoms with van der Waals surface area (Å²) in [5, 5.41) is 0. The van der Waals surface area contributed by atoms with Crippen LogP contribution in [0.15, 0.2) is 47.1 Å². The van der Waals surface area contributed by atoms with Gasteiger partial charge in [-0.2, -0.15) is 0 Å². The zero-order valence-electron chi connectivity index (χ0n) is 9.31. The van der Waals surface area contributed by atoms with Gasteiger partial charge in [-0.1, -0.05) is 17.7 Å². The Labute approximate surface area is 94.3 Å². The van der Waals surface area contributed by atoms with E-state index < -0.39 is 0 Å². The SMILES string of the molecule is Cc1ccc(N(C)C(=O)c2ccco2)cc1. The van der Waals surface area contributed by atoms with E-state index in [9.17, 15) is 4.79 Å². The van der Waals surface area contributed by atoms with E-state index in [4.69, 9.17) is 4.42 Å². The molecule has 0 aliphatic rings. The number of nitrogens with zero attached hydrogens (tertiary/aromatic N) is 1. The summed E-state index contributed by atoms with van der Waals surface area (Å²) in [6, 6.07) is 11.1. The van der Waals surface area contributed by atoms with Crippen LogP contribution in [0.2, 0.25) is 0 Å². The first-order valence-electron chi connectivity index (χ1n) is 5.07. The number of hydrogen-bond donors (Lipinski definition) is 0. The van der Waals surface area contributed by atoms with Gasteiger partial charge in [-0.25, -0.2) is 0 Å². The van der Waals surface area contributed by atoms with Gasteiger partial charge >= 0.3 is 0 Å². The highest BCUT2D eigenvalue weighted by molar-refractivity contribution is 6.03. The monoisotopic (exact) mass is 215 g/mol. The highest BCUT2D eigenvalue weighted by Gasteiger charge is 2.15. The summed E-state index contributed by atoms with van der Waals surface area (Å²) in [4.78, 5) is 13.5. The van der Waals surface area contributed by atoms with Gasteiger partial charge in [-0.3, -0.25) is 4.79 Å². The number of rotatable bonds is 2. The molecule has 2 rings (SSSR count). The smallest absolute Gasteiger partial charge is 0.293 e. The number of aryl methyl sites for hydroxylation is 1. The van der Waals surface area contributed by atoms with Crippen molar-refractivity contribution in [1.82, 2.24) is 0 Å². The van der Waals surface area contributed by atoms with Gasteiger partial charge in [0, 0.05) is 12.7 Å². The molecule has 1 aromatic carbocycles. The van der Waals surface area contributed by atoms with Crippen LogP contribution in [0.1, 0.15) is 16.1 Å². The number of anilines is 1. The van der Waals surface area contributed by atoms with Crippen molar-refractivity contribution < 1.29 is 9.21 Å². The van der Waals surface area contributed by atoms with E-state index in [1.165, 1.54) is 11.8 Å². The molecule has 16 heavy (non-hydrogen) atoms. The zero-order valence-corrected chi connectivity index (χ0v) is 9.31. The van der Waals surface area contributed by atoms with Gasteiger partial charge in [-0.15, -0.1) is 0 Å². The summed E-state index contributed by atoms with van der Waals surface area (Å²) in [7, 11) is 1.73. The molecule has 0 aliphatic heterocycles. The van der Waals surface area contributed by atoms with E-state index in [1.54, 1.807) is 24.1 Å². The van der Waals surface area contributed by atoms with E-state index in [2.05, 4.69) is 0 Å². The molecule has 3 nitrogen and oxygen atoms in total. The Morgan fingerprint density at radius 1 is 1.19 bits per heavy atom. The van der Waals surface area contributed by atoms with E-state index >= 15 is 0 Å². The molecule has 2 aromatic rings. The lowest BCUT2D eigenvalue weighted by atomic mass is 10.2. The Morgan fingerprint density at radius 2 is 1.88 bits per heavy atom. The maximum Gasteiger partial charge on any atom is 0.293 e. The number of hydrogen-bond acceptors (Lipinski definition) is 2. The molecule has 0 bridgehead atoms. The van der Waals surface area contributed by atoms with Gasteiger partial charge in [0.1, 0.15) is 0 Å². The third kappa shape index (κ3) is 1.98. The Bertz CT molecular complexity index is 471. The van der Waals surface area contributed by atoms with Crippen LogP contribution >= 0.6 is 0 Å². The second kappa shape index (κ2) is 4.23. The molecule has 0 fully saturated rings. The molecule has 0 unspecified atom stereocenters. The standard InChI is InChI=1S/C13H13NO2/c1-10-5-7-11(8-6-10)14(2)13(15)12-4-3-9-16-12/h3-9H,1-2H3. The van der Waals surface area contributed by atoms with Crippen LogP contribution < -0.4 is 4.90 Å². The van der Waals surface area contributed by atoms with E-state index in [0.29, 0.717) is 5.76 Å². The van der Waals surface area contributed by atoms with Gasteiger partial charge in [0.05, 0.1) is 6.26 Å². The van der Waals surface area contributed by atoms with Gasteiger partial charge in [0.15, 0.2) is 5.76 Å². The highest BCUT2D eigenvalue weighted by atomic mass is 16.3. The molecule has 0 aliphatic carbocycles. The molecule has 1 amide bonds. The van der Waals surface area contributed by atoms with Crippen LogP contribution in [0.3, 0.4) is 0 Å². The third-order valence-electron chi connectivity index (χ3n) is 2.46. The van der Waals surface area contributed by atoms with Gasteiger partial charge in [0.2, 0.25) is 0 Å². The quantitative estimate of drug-likeness (QED) is 0.771. The summed E-state index contributed by atoms with van der Waals surface area (Å²) in [6.45, 7) is 2.01. The first-order valence-corrected chi connectivity index (χ1v) is 5.07. The summed E-state index contributed by atoms with van der Waals surface area (Å²) < 4.78 is 5.07. The van der Waals surface area contributed by atoms with Crippen molar-refractivity contribution in [1.29, 1.82) is 0 Å². The number of carbonyl (C=O) groups is 1. The van der Waals surface area contributed by atoms with Crippen LogP contribution in [-0.4, -0.2) is 13.0 Å². The molecule has 82 valence electrons. The lowest BCUT2D eigenvalue weighted by Crippen LogP contribution is -2.25. The highest BCUT2D eigenvalue weighted by Crippen LogP contribution is 2.16. The summed E-state index contributed by atoms with van der Waals surface area (Å²) in [5.74, 6) is 0.205. The van der Waals surface area contributed by atoms with Crippen molar-refractivity contribution in [2.24, 2.45) is 0 Å². The van der Waals surface area contributed by atoms with Crippen molar-refractivity contribution in [2.75, 3.05) is 11.9 Å². The van der Waals surface area contributed by atoms with Crippen molar-refractivity contribution in [3.63, 3.8) is 0 Å². The van der Waals surface area contributed by atoms with Crippen LogP contribution in [0.5, 0.6) is 0 Å². The molecule has 0 saturated carbocycles. The molecule has 3 heteroatoms. The first kappa shape index (κ1) is 10.5. The molecule has 0 atom stereocenters. The minimum Gasteiger partial charge on any atom is -0.459 e. The van der Waals surface area contributed by atoms with Crippen molar-refractivity contribution >= 4 is 11.6 Å². The fourth-order valence-electron chi connectivity index (χ4n) is 1.45. The number of amides is 1. The minimum atomic E-state index is -0.145. The lowest BCUT2D eigenvalue weighted by Gasteiger charge is -2.15. The maximum absolute atomic E-state index is 11.9. The second-order valence-corrected chi connectivity index (χ2v) is 3.68. The van der Waals surface area contributed by atoms with Crippen molar-refractivity contribution in [2.45, 2.75) is 6.92 Å². The molecule has 0 spiro atoms. The molecule has 1 heterocycles. The fraction of sp³-hybridized carbons (Fsp3) is 0.154. The average molecular weight is 215 g/mol. The maximum atomic E-state index is 11.9. The summed E-state index contributed by atoms with van der Waals surface area (Å²) in [6.07, 6.45) is 1.50. The predicted octanol–water partition coefficient (Wildman–Crippen LogP) is 2.86. The van der Waals surface area contributed by atoms with Gasteiger partial charge in [-0.05, 0) is 31.2 Å². The van der Waals surface area contributed by atoms with Gasteiger partial charge < -0.3 is 9.32 Å². The molecular weight excluding hydrogens is 202 g/mol. The minimum absolute atomic E-state index is 0.145. The topological polar surface area (TPSA) is 33.5 Å². The molecule has 0 N–H and O–H groups in total. The zero-order chi connectivity index (χ0) is 11.5. The Balaban J connectivity index is 2.22. The van der Waals surface area contributed by atoms with E-state index in [1.807, 2.05) is 31.2 Å². The fourth-order valence-corrected chi connectivity index (χ4v) is 1.45. The number of carbonyl (C=O) groups excluding carboxylic acids is 1. The van der Waals surface area contributed by atoms with Crippen LogP contribution in [-0.2, 0) is 0 Å². The van der Waals surface area contributed by atoms with E-state index in [0.717, 1.165) is 5.69 Å². The van der Waals surface area contributed by atoms with Crippen LogP contribution in [0.25, 0.3) is 0 Å². The Kier molecular flexibility index (Phi) is 2.77. The molecule has 1 aromatic heterocycles. The Hall–Kier alpha value is -2.03. The van der Waals surface area contributed by atoms with Crippen molar-refractivity contribution in [3.05, 3.63) is 54.0 Å². The Morgan fingerprint density at radius 3 is 2.44 bits per heavy atom. The van der Waals surface area contributed by atoms with Gasteiger partial charge in [0.25, 0.3) is 5.91 Å². The third-order valence-corrected chi connectivity index (χ3v) is 2.46. The van der Waals surface area contributed by atoms with Crippen LogP contribution in [0.4, 0.5) is 5.69 Å². The number of furan rings is 1. The largest absolute Gasteiger partial charge is 0.459 e. The molecular formula is C13H13NO2. The summed E-state index contributed by atoms with van der Waals surface area (Å²) in [5.41, 5.74) is 2.02. The summed E-state index contributed by atoms with van der Waals surface area (Å²) >= 11 is 0. The predicted molar refractivity (Wildman–Crippen MR) is 62.6 cm³/mol. The first-order chi connectivity index (χ1) is 7.68. The molecule has 0 radical (unpaired) electrons. The number of benzene rings is 1. The second-order valence-electron chi connectivity index (χ2n) is 3.68. The van der Waals surface area contributed by atoms with Crippen LogP contribution in [0, 0.1) is 6.92 Å². The lowest BCUT2D eigenvalue weighted by molar-refractivity contribution is 0.0966. The van der Waals surface area contributed by atoms with Crippen molar-refractivity contribution in [3.8, 4) is 0 Å². The molecule has 0 saturated heterocycles. The van der Waals surface area contributed by atoms with E-state index in [-0.39, 0.29) is 5.91 Å². The average Bonchev–Trinajstić information content (AvgIpc) is 2.81.